The first-order valence-electron chi connectivity index (χ1n) is 10.7. The molecule has 0 unspecified atom stereocenters. The van der Waals surface area contributed by atoms with Crippen LogP contribution in [-0.2, 0) is 6.54 Å². The summed E-state index contributed by atoms with van der Waals surface area (Å²) < 4.78 is 29.4. The molecule has 1 aliphatic rings. The first kappa shape index (κ1) is 23.2. The lowest BCUT2D eigenvalue weighted by molar-refractivity contribution is 0.112. The van der Waals surface area contributed by atoms with E-state index in [1.54, 1.807) is 18.2 Å². The lowest BCUT2D eigenvalue weighted by Gasteiger charge is -2.31. The predicted molar refractivity (Wildman–Crippen MR) is 125 cm³/mol. The van der Waals surface area contributed by atoms with Gasteiger partial charge in [0.25, 0.3) is 0 Å². The number of benzene rings is 2. The summed E-state index contributed by atoms with van der Waals surface area (Å²) in [7, 11) is 3.84. The number of fused-ring (bicyclic) bond motifs is 1. The molecule has 2 heterocycles. The van der Waals surface area contributed by atoms with E-state index in [9.17, 15) is 18.4 Å². The van der Waals surface area contributed by atoms with Gasteiger partial charge >= 0.3 is 6.03 Å². The zero-order chi connectivity index (χ0) is 24.4. The Labute approximate surface area is 195 Å². The molecule has 0 saturated carbocycles. The van der Waals surface area contributed by atoms with Crippen LogP contribution in [0.3, 0.4) is 0 Å². The molecule has 0 bridgehead atoms. The van der Waals surface area contributed by atoms with Gasteiger partial charge in [0.1, 0.15) is 23.6 Å². The molecular weight excluding hydrogens is 442 g/mol. The van der Waals surface area contributed by atoms with Crippen molar-refractivity contribution in [2.24, 2.45) is 0 Å². The zero-order valence-corrected chi connectivity index (χ0v) is 19.0. The minimum Gasteiger partial charge on any atom is -0.353 e. The molecule has 3 aromatic rings. The Morgan fingerprint density at radius 1 is 1.18 bits per heavy atom. The number of aldehydes is 1. The highest BCUT2D eigenvalue weighted by atomic mass is 19.1. The monoisotopic (exact) mass is 466 g/mol. The first-order chi connectivity index (χ1) is 16.3. The molecule has 2 amide bonds. The summed E-state index contributed by atoms with van der Waals surface area (Å²) in [6, 6.07) is 7.86. The number of amides is 2. The maximum atomic E-state index is 14.7. The molecule has 1 aromatic heterocycles. The van der Waals surface area contributed by atoms with Crippen LogP contribution >= 0.6 is 0 Å². The molecule has 0 radical (unpaired) electrons. The molecule has 0 aliphatic carbocycles. The molecule has 1 aliphatic heterocycles. The van der Waals surface area contributed by atoms with E-state index in [0.717, 1.165) is 28.9 Å². The predicted octanol–water partition coefficient (Wildman–Crippen LogP) is 3.88. The van der Waals surface area contributed by atoms with Gasteiger partial charge in [-0.2, -0.15) is 4.98 Å². The number of nitrogens with zero attached hydrogens (tertiary/aromatic N) is 4. The average Bonchev–Trinajstić information content (AvgIpc) is 2.80. The Kier molecular flexibility index (Phi) is 6.51. The van der Waals surface area contributed by atoms with E-state index in [4.69, 9.17) is 0 Å². The van der Waals surface area contributed by atoms with Crippen LogP contribution in [0.25, 0.3) is 11.3 Å². The molecule has 0 fully saturated rings. The Morgan fingerprint density at radius 2 is 1.91 bits per heavy atom. The number of urea groups is 1. The van der Waals surface area contributed by atoms with E-state index < -0.39 is 23.4 Å². The van der Waals surface area contributed by atoms with Crippen molar-refractivity contribution in [3.05, 3.63) is 64.7 Å². The van der Waals surface area contributed by atoms with Gasteiger partial charge in [-0.25, -0.2) is 23.5 Å². The highest BCUT2D eigenvalue weighted by molar-refractivity contribution is 6.02. The lowest BCUT2D eigenvalue weighted by atomic mass is 9.98. The molecule has 4 rings (SSSR count). The van der Waals surface area contributed by atoms with Crippen LogP contribution in [0.15, 0.2) is 36.4 Å². The van der Waals surface area contributed by atoms with Gasteiger partial charge in [-0.15, -0.1) is 0 Å². The molecular formula is C24H24F2N6O2. The molecule has 34 heavy (non-hydrogen) atoms. The number of likely N-dealkylation sites (N-methyl/N-ethyl adjacent to an activating group) is 1. The van der Waals surface area contributed by atoms with Gasteiger partial charge in [0.05, 0.1) is 12.2 Å². The van der Waals surface area contributed by atoms with Crippen molar-refractivity contribution in [2.45, 2.75) is 13.5 Å². The number of nitrogens with one attached hydrogen (secondary N) is 2. The summed E-state index contributed by atoms with van der Waals surface area (Å²) in [5, 5.41) is 5.78. The number of para-hydroxylation sites is 1. The maximum Gasteiger partial charge on any atom is 0.328 e. The van der Waals surface area contributed by atoms with Crippen LogP contribution < -0.4 is 15.5 Å². The number of hydrogen-bond acceptors (Lipinski definition) is 6. The summed E-state index contributed by atoms with van der Waals surface area (Å²) in [6.07, 6.45) is 0.732. The Balaban J connectivity index is 1.94. The average molecular weight is 466 g/mol. The fraction of sp³-hybridized carbons (Fsp3) is 0.250. The standard InChI is InChI=1S/C24H24F2N6O2/c1-14-7-8-15(13-33)11-16(14)20-17-12-28-24(34)32(21-18(25)5-4-6-19(21)26)22(17)30-23(29-20)27-9-10-31(2)3/h4-8,11,13H,9-10,12H2,1-3H3,(H,28,34)(H,27,29,30). The van der Waals surface area contributed by atoms with Gasteiger partial charge < -0.3 is 15.5 Å². The number of halogens is 2. The van der Waals surface area contributed by atoms with Gasteiger partial charge in [0.15, 0.2) is 5.82 Å². The lowest BCUT2D eigenvalue weighted by Crippen LogP contribution is -2.43. The molecule has 2 N–H and O–H groups in total. The minimum atomic E-state index is -0.899. The maximum absolute atomic E-state index is 14.7. The third-order valence-corrected chi connectivity index (χ3v) is 5.47. The van der Waals surface area contributed by atoms with Crippen molar-refractivity contribution in [3.8, 4) is 11.3 Å². The highest BCUT2D eigenvalue weighted by Crippen LogP contribution is 2.39. The smallest absolute Gasteiger partial charge is 0.328 e. The second kappa shape index (κ2) is 9.52. The van der Waals surface area contributed by atoms with E-state index in [-0.39, 0.29) is 18.3 Å². The molecule has 10 heteroatoms. The van der Waals surface area contributed by atoms with E-state index >= 15 is 0 Å². The fourth-order valence-electron chi connectivity index (χ4n) is 3.73. The van der Waals surface area contributed by atoms with Crippen LogP contribution in [0.4, 0.5) is 31.0 Å². The molecule has 0 saturated heterocycles. The number of aromatic nitrogens is 2. The summed E-state index contributed by atoms with van der Waals surface area (Å²) in [5.41, 5.74) is 2.36. The van der Waals surface area contributed by atoms with Crippen LogP contribution in [-0.4, -0.2) is 54.4 Å². The summed E-state index contributed by atoms with van der Waals surface area (Å²) in [6.45, 7) is 3.10. The Bertz CT molecular complexity index is 1240. The van der Waals surface area contributed by atoms with Crippen LogP contribution in [0.2, 0.25) is 0 Å². The fourth-order valence-corrected chi connectivity index (χ4v) is 3.73. The second-order valence-electron chi connectivity index (χ2n) is 8.18. The van der Waals surface area contributed by atoms with Gasteiger partial charge in [0, 0.05) is 29.8 Å². The molecule has 176 valence electrons. The van der Waals surface area contributed by atoms with Gasteiger partial charge in [-0.3, -0.25) is 4.79 Å². The molecule has 0 atom stereocenters. The largest absolute Gasteiger partial charge is 0.353 e. The number of carbonyl (C=O) groups is 2. The Morgan fingerprint density at radius 3 is 2.59 bits per heavy atom. The minimum absolute atomic E-state index is 0.0544. The van der Waals surface area contributed by atoms with Crippen LogP contribution in [0.1, 0.15) is 21.5 Å². The summed E-state index contributed by atoms with van der Waals surface area (Å²) in [4.78, 5) is 36.3. The number of carbonyl (C=O) groups excluding carboxylic acids is 2. The van der Waals surface area contributed by atoms with Crippen molar-refractivity contribution < 1.29 is 18.4 Å². The zero-order valence-electron chi connectivity index (χ0n) is 19.0. The van der Waals surface area contributed by atoms with E-state index in [0.29, 0.717) is 35.5 Å². The molecule has 0 spiro atoms. The van der Waals surface area contributed by atoms with Crippen molar-refractivity contribution >= 4 is 29.8 Å². The number of anilines is 3. The summed E-state index contributed by atoms with van der Waals surface area (Å²) >= 11 is 0. The first-order valence-corrected chi connectivity index (χ1v) is 10.7. The highest BCUT2D eigenvalue weighted by Gasteiger charge is 2.34. The van der Waals surface area contributed by atoms with Crippen molar-refractivity contribution in [2.75, 3.05) is 37.4 Å². The number of aryl methyl sites for hydroxylation is 1. The molecule has 8 nitrogen and oxygen atoms in total. The SMILES string of the molecule is Cc1ccc(C=O)cc1-c1nc(NCCN(C)C)nc2c1CNC(=O)N2c1c(F)cccc1F. The van der Waals surface area contributed by atoms with Crippen LogP contribution in [0, 0.1) is 18.6 Å². The van der Waals surface area contributed by atoms with Crippen molar-refractivity contribution in [1.29, 1.82) is 0 Å². The number of rotatable bonds is 7. The van der Waals surface area contributed by atoms with Gasteiger partial charge in [0.2, 0.25) is 5.95 Å². The van der Waals surface area contributed by atoms with Gasteiger partial charge in [-0.1, -0.05) is 18.2 Å². The third-order valence-electron chi connectivity index (χ3n) is 5.47. The normalized spacial score (nSPS) is 13.0. The number of hydrogen-bond donors (Lipinski definition) is 2. The van der Waals surface area contributed by atoms with Crippen molar-refractivity contribution in [1.82, 2.24) is 20.2 Å². The Hall–Kier alpha value is -3.92. The topological polar surface area (TPSA) is 90.5 Å². The molecule has 2 aromatic carbocycles. The van der Waals surface area contributed by atoms with E-state index in [1.165, 1.54) is 6.07 Å². The van der Waals surface area contributed by atoms with Crippen molar-refractivity contribution in [3.63, 3.8) is 0 Å². The van der Waals surface area contributed by atoms with Gasteiger partial charge in [-0.05, 0) is 44.8 Å². The van der Waals surface area contributed by atoms with E-state index in [1.807, 2.05) is 25.9 Å². The van der Waals surface area contributed by atoms with E-state index in [2.05, 4.69) is 20.6 Å². The quantitative estimate of drug-likeness (QED) is 0.514. The van der Waals surface area contributed by atoms with Crippen LogP contribution in [0.5, 0.6) is 0 Å². The second-order valence-corrected chi connectivity index (χ2v) is 8.18. The summed E-state index contributed by atoms with van der Waals surface area (Å²) in [5.74, 6) is -1.53. The third kappa shape index (κ3) is 4.44.